The van der Waals surface area contributed by atoms with Gasteiger partial charge in [-0.1, -0.05) is 104 Å². The summed E-state index contributed by atoms with van der Waals surface area (Å²) in [5.41, 5.74) is 0. The normalized spacial score (nSPS) is 12.7. The number of quaternary nitrogens is 1. The standard InChI is InChI=1S/C26H56NO2.ClH/c1-6-8-10-12-14-16-18-20-22-28-25-26(24-27(3,4)5)29-23-21-19-17-15-13-11-9-7-2;/h26H,6-25H2,1-5H3;1H/q+1;/p-1/t26-;/m0./s1. The van der Waals surface area contributed by atoms with Gasteiger partial charge in [-0.15, -0.1) is 0 Å². The van der Waals surface area contributed by atoms with Gasteiger partial charge in [0.05, 0.1) is 27.7 Å². The van der Waals surface area contributed by atoms with Crippen molar-refractivity contribution in [2.24, 2.45) is 0 Å². The van der Waals surface area contributed by atoms with E-state index in [1.54, 1.807) is 0 Å². The minimum Gasteiger partial charge on any atom is -1.00 e. The molecule has 0 saturated heterocycles. The van der Waals surface area contributed by atoms with E-state index in [1.165, 1.54) is 103 Å². The molecule has 0 rings (SSSR count). The van der Waals surface area contributed by atoms with Crippen LogP contribution in [0.3, 0.4) is 0 Å². The van der Waals surface area contributed by atoms with Gasteiger partial charge in [-0.05, 0) is 12.8 Å². The van der Waals surface area contributed by atoms with Crippen molar-refractivity contribution in [3.63, 3.8) is 0 Å². The summed E-state index contributed by atoms with van der Waals surface area (Å²) in [6.45, 7) is 8.12. The third kappa shape index (κ3) is 26.2. The molecule has 0 bridgehead atoms. The van der Waals surface area contributed by atoms with Crippen molar-refractivity contribution in [2.75, 3.05) is 47.5 Å². The molecule has 4 heteroatoms. The molecule has 0 fully saturated rings. The predicted octanol–water partition coefficient (Wildman–Crippen LogP) is 4.38. The summed E-state index contributed by atoms with van der Waals surface area (Å²) >= 11 is 0. The highest BCUT2D eigenvalue weighted by atomic mass is 35.5. The zero-order valence-corrected chi connectivity index (χ0v) is 22.1. The van der Waals surface area contributed by atoms with Gasteiger partial charge in [-0.2, -0.15) is 0 Å². The Morgan fingerprint density at radius 2 is 0.967 bits per heavy atom. The monoisotopic (exact) mass is 449 g/mol. The van der Waals surface area contributed by atoms with E-state index in [0.717, 1.165) is 30.8 Å². The predicted molar refractivity (Wildman–Crippen MR) is 129 cm³/mol. The molecule has 0 heterocycles. The van der Waals surface area contributed by atoms with Crippen LogP contribution in [0.5, 0.6) is 0 Å². The van der Waals surface area contributed by atoms with E-state index >= 15 is 0 Å². The maximum atomic E-state index is 6.21. The molecular formula is C26H56ClNO2. The number of hydrogen-bond acceptors (Lipinski definition) is 2. The van der Waals surface area contributed by atoms with Crippen LogP contribution in [-0.2, 0) is 9.47 Å². The van der Waals surface area contributed by atoms with Gasteiger partial charge in [0.25, 0.3) is 0 Å². The maximum Gasteiger partial charge on any atom is 0.130 e. The summed E-state index contributed by atoms with van der Waals surface area (Å²) in [6, 6.07) is 0. The van der Waals surface area contributed by atoms with E-state index in [1.807, 2.05) is 0 Å². The van der Waals surface area contributed by atoms with Crippen LogP contribution in [0.4, 0.5) is 0 Å². The average Bonchev–Trinajstić information content (AvgIpc) is 2.66. The van der Waals surface area contributed by atoms with Gasteiger partial charge in [0.15, 0.2) is 0 Å². The minimum atomic E-state index is 0. The highest BCUT2D eigenvalue weighted by Crippen LogP contribution is 2.11. The van der Waals surface area contributed by atoms with Crippen LogP contribution in [0.25, 0.3) is 0 Å². The van der Waals surface area contributed by atoms with Gasteiger partial charge in [-0.25, -0.2) is 0 Å². The number of hydrogen-bond donors (Lipinski definition) is 0. The molecule has 0 spiro atoms. The second-order valence-corrected chi connectivity index (χ2v) is 9.99. The lowest BCUT2D eigenvalue weighted by Gasteiger charge is -2.29. The second kappa shape index (κ2) is 23.8. The van der Waals surface area contributed by atoms with Crippen molar-refractivity contribution in [1.82, 2.24) is 0 Å². The summed E-state index contributed by atoms with van der Waals surface area (Å²) in [7, 11) is 6.72. The quantitative estimate of drug-likeness (QED) is 0.170. The van der Waals surface area contributed by atoms with E-state index in [0.29, 0.717) is 0 Å². The molecule has 30 heavy (non-hydrogen) atoms. The number of nitrogens with zero attached hydrogens (tertiary/aromatic N) is 1. The number of rotatable bonds is 23. The molecule has 0 aromatic heterocycles. The Morgan fingerprint density at radius 1 is 0.567 bits per heavy atom. The zero-order valence-electron chi connectivity index (χ0n) is 21.4. The largest absolute Gasteiger partial charge is 1.00 e. The number of likely N-dealkylation sites (N-methyl/N-ethyl adjacent to an activating group) is 1. The molecular weight excluding hydrogens is 394 g/mol. The molecule has 0 radical (unpaired) electrons. The fourth-order valence-corrected chi connectivity index (χ4v) is 3.80. The van der Waals surface area contributed by atoms with Gasteiger partial charge in [0, 0.05) is 13.2 Å². The van der Waals surface area contributed by atoms with Crippen LogP contribution in [0.1, 0.15) is 117 Å². The summed E-state index contributed by atoms with van der Waals surface area (Å²) in [6.07, 6.45) is 21.9. The van der Waals surface area contributed by atoms with Crippen molar-refractivity contribution < 1.29 is 26.4 Å². The molecule has 0 aliphatic rings. The summed E-state index contributed by atoms with van der Waals surface area (Å²) in [4.78, 5) is 0. The van der Waals surface area contributed by atoms with Crippen molar-refractivity contribution in [1.29, 1.82) is 0 Å². The van der Waals surface area contributed by atoms with Crippen LogP contribution in [0, 0.1) is 0 Å². The van der Waals surface area contributed by atoms with Gasteiger partial charge in [0.2, 0.25) is 0 Å². The van der Waals surface area contributed by atoms with Crippen LogP contribution in [0.2, 0.25) is 0 Å². The Morgan fingerprint density at radius 3 is 1.40 bits per heavy atom. The first-order valence-corrected chi connectivity index (χ1v) is 13.0. The fourth-order valence-electron chi connectivity index (χ4n) is 3.80. The molecule has 184 valence electrons. The van der Waals surface area contributed by atoms with E-state index in [4.69, 9.17) is 9.47 Å². The van der Waals surface area contributed by atoms with Crippen molar-refractivity contribution >= 4 is 0 Å². The lowest BCUT2D eigenvalue weighted by atomic mass is 10.1. The molecule has 1 atom stereocenters. The first-order chi connectivity index (χ1) is 14.0. The number of ether oxygens (including phenoxy) is 2. The van der Waals surface area contributed by atoms with Crippen molar-refractivity contribution in [3.8, 4) is 0 Å². The maximum absolute atomic E-state index is 6.21. The van der Waals surface area contributed by atoms with Crippen molar-refractivity contribution in [3.05, 3.63) is 0 Å². The van der Waals surface area contributed by atoms with E-state index in [2.05, 4.69) is 35.0 Å². The Kier molecular flexibility index (Phi) is 25.7. The topological polar surface area (TPSA) is 18.5 Å². The average molecular weight is 450 g/mol. The van der Waals surface area contributed by atoms with E-state index in [9.17, 15) is 0 Å². The molecule has 0 amide bonds. The molecule has 0 saturated carbocycles. The van der Waals surface area contributed by atoms with Gasteiger partial charge in [-0.3, -0.25) is 0 Å². The van der Waals surface area contributed by atoms with Crippen LogP contribution >= 0.6 is 0 Å². The molecule has 3 nitrogen and oxygen atoms in total. The van der Waals surface area contributed by atoms with Gasteiger partial charge in [0.1, 0.15) is 12.6 Å². The Hall–Kier alpha value is 0.170. The summed E-state index contributed by atoms with van der Waals surface area (Å²) < 4.78 is 13.1. The Balaban J connectivity index is 0. The lowest BCUT2D eigenvalue weighted by Crippen LogP contribution is -3.00. The molecule has 0 unspecified atom stereocenters. The molecule has 0 aliphatic heterocycles. The molecule has 0 aliphatic carbocycles. The van der Waals surface area contributed by atoms with E-state index < -0.39 is 0 Å². The van der Waals surface area contributed by atoms with Gasteiger partial charge >= 0.3 is 0 Å². The first-order valence-electron chi connectivity index (χ1n) is 13.0. The number of halogens is 1. The van der Waals surface area contributed by atoms with Gasteiger partial charge < -0.3 is 26.4 Å². The summed E-state index contributed by atoms with van der Waals surface area (Å²) in [5, 5.41) is 0. The fraction of sp³-hybridized carbons (Fsp3) is 1.00. The Labute approximate surface area is 196 Å². The van der Waals surface area contributed by atoms with Crippen LogP contribution < -0.4 is 12.4 Å². The lowest BCUT2D eigenvalue weighted by molar-refractivity contribution is -0.873. The minimum absolute atomic E-state index is 0. The third-order valence-electron chi connectivity index (χ3n) is 5.55. The van der Waals surface area contributed by atoms with E-state index in [-0.39, 0.29) is 18.5 Å². The third-order valence-corrected chi connectivity index (χ3v) is 5.55. The zero-order chi connectivity index (χ0) is 21.6. The number of unbranched alkanes of at least 4 members (excludes halogenated alkanes) is 14. The second-order valence-electron chi connectivity index (χ2n) is 9.99. The van der Waals surface area contributed by atoms with Crippen LogP contribution in [0.15, 0.2) is 0 Å². The molecule has 0 aromatic carbocycles. The van der Waals surface area contributed by atoms with Crippen molar-refractivity contribution in [2.45, 2.75) is 123 Å². The SMILES string of the molecule is CCCCCCCCCCOC[C@H](C[N+](C)(C)C)OCCCCCCCCCC.[Cl-]. The smallest absolute Gasteiger partial charge is 0.130 e. The van der Waals surface area contributed by atoms with Crippen LogP contribution in [-0.4, -0.2) is 58.1 Å². The Bertz CT molecular complexity index is 321. The summed E-state index contributed by atoms with van der Waals surface area (Å²) in [5.74, 6) is 0. The highest BCUT2D eigenvalue weighted by Gasteiger charge is 2.18. The molecule has 0 N–H and O–H groups in total. The highest BCUT2D eigenvalue weighted by molar-refractivity contribution is 4.57. The first kappa shape index (κ1) is 32.4. The molecule has 0 aromatic rings.